The van der Waals surface area contributed by atoms with Crippen molar-refractivity contribution in [2.24, 2.45) is 0 Å². The van der Waals surface area contributed by atoms with Crippen molar-refractivity contribution in [2.45, 2.75) is 19.5 Å². The van der Waals surface area contributed by atoms with E-state index in [2.05, 4.69) is 0 Å². The Hall–Kier alpha value is -3.77. The van der Waals surface area contributed by atoms with Crippen molar-refractivity contribution in [3.8, 4) is 0 Å². The van der Waals surface area contributed by atoms with Crippen LogP contribution < -0.4 is 11.2 Å². The summed E-state index contributed by atoms with van der Waals surface area (Å²) in [6, 6.07) is 23.6. The lowest BCUT2D eigenvalue weighted by molar-refractivity contribution is 0.0903. The molecule has 31 heavy (non-hydrogen) atoms. The van der Waals surface area contributed by atoms with Gasteiger partial charge in [-0.1, -0.05) is 66.7 Å². The monoisotopic (exact) mass is 414 g/mol. The molecule has 0 unspecified atom stereocenters. The Morgan fingerprint density at radius 1 is 0.774 bits per heavy atom. The fraction of sp³-hybridized carbons (Fsp3) is 0.160. The molecule has 0 bridgehead atoms. The molecule has 0 fully saturated rings. The first-order valence-corrected chi connectivity index (χ1v) is 10.1. The van der Waals surface area contributed by atoms with Crippen molar-refractivity contribution in [1.29, 1.82) is 0 Å². The van der Waals surface area contributed by atoms with Crippen LogP contribution in [0, 0.1) is 0 Å². The van der Waals surface area contributed by atoms with E-state index in [-0.39, 0.29) is 30.1 Å². The molecule has 0 spiro atoms. The first-order chi connectivity index (χ1) is 15.1. The van der Waals surface area contributed by atoms with Crippen LogP contribution in [-0.4, -0.2) is 26.6 Å². The number of rotatable bonds is 7. The molecule has 4 aromatic rings. The number of carbonyl (C=O) groups excluding carboxylic acids is 1. The second-order valence-corrected chi connectivity index (χ2v) is 7.36. The zero-order valence-electron chi connectivity index (χ0n) is 16.9. The molecular formula is C25H22N2O4. The highest BCUT2D eigenvalue weighted by Gasteiger charge is 2.13. The number of fused-ring (bicyclic) bond motifs is 1. The Morgan fingerprint density at radius 2 is 1.45 bits per heavy atom. The minimum atomic E-state index is -0.546. The van der Waals surface area contributed by atoms with Crippen molar-refractivity contribution in [2.75, 3.05) is 6.61 Å². The number of nitrogens with zero attached hydrogens (tertiary/aromatic N) is 2. The van der Waals surface area contributed by atoms with Gasteiger partial charge in [0.1, 0.15) is 6.61 Å². The molecular weight excluding hydrogens is 392 g/mol. The van der Waals surface area contributed by atoms with Crippen molar-refractivity contribution in [1.82, 2.24) is 9.13 Å². The molecule has 4 rings (SSSR count). The fourth-order valence-corrected chi connectivity index (χ4v) is 3.68. The quantitative estimate of drug-likeness (QED) is 0.472. The van der Waals surface area contributed by atoms with Gasteiger partial charge in [-0.3, -0.25) is 18.7 Å². The van der Waals surface area contributed by atoms with E-state index >= 15 is 0 Å². The summed E-state index contributed by atoms with van der Waals surface area (Å²) >= 11 is 0. The van der Waals surface area contributed by atoms with Crippen LogP contribution in [0.4, 0.5) is 0 Å². The molecule has 0 aliphatic heterocycles. The summed E-state index contributed by atoms with van der Waals surface area (Å²) in [7, 11) is 0. The van der Waals surface area contributed by atoms with E-state index < -0.39 is 6.61 Å². The maximum Gasteiger partial charge on any atom is 0.331 e. The predicted octanol–water partition coefficient (Wildman–Crippen LogP) is 2.63. The van der Waals surface area contributed by atoms with Gasteiger partial charge in [0, 0.05) is 12.1 Å². The minimum Gasteiger partial charge on any atom is -0.388 e. The SMILES string of the molecule is O=C(CO)c1ccc(Cn2c(=O)n(CCc3ccccc3)c(=O)c3ccccc32)cc1. The number of hydrogen-bond donors (Lipinski definition) is 1. The van der Waals surface area contributed by atoms with E-state index in [0.29, 0.717) is 22.9 Å². The summed E-state index contributed by atoms with van der Waals surface area (Å²) in [4.78, 5) is 37.9. The average molecular weight is 414 g/mol. The third-order valence-electron chi connectivity index (χ3n) is 5.36. The summed E-state index contributed by atoms with van der Waals surface area (Å²) < 4.78 is 2.88. The lowest BCUT2D eigenvalue weighted by atomic mass is 10.1. The van der Waals surface area contributed by atoms with Gasteiger partial charge in [-0.25, -0.2) is 4.79 Å². The molecule has 0 aliphatic carbocycles. The van der Waals surface area contributed by atoms with Crippen LogP contribution in [0.15, 0.2) is 88.5 Å². The Morgan fingerprint density at radius 3 is 2.16 bits per heavy atom. The van der Waals surface area contributed by atoms with Gasteiger partial charge in [-0.15, -0.1) is 0 Å². The normalized spacial score (nSPS) is 11.0. The number of aliphatic hydroxyl groups excluding tert-OH is 1. The largest absolute Gasteiger partial charge is 0.388 e. The zero-order valence-corrected chi connectivity index (χ0v) is 16.9. The van der Waals surface area contributed by atoms with Crippen LogP contribution in [0.1, 0.15) is 21.5 Å². The van der Waals surface area contributed by atoms with E-state index in [1.165, 1.54) is 4.57 Å². The summed E-state index contributed by atoms with van der Waals surface area (Å²) in [5.74, 6) is -0.358. The Labute approximate surface area is 178 Å². The van der Waals surface area contributed by atoms with Crippen LogP contribution in [0.3, 0.4) is 0 Å². The van der Waals surface area contributed by atoms with Crippen molar-refractivity contribution in [3.05, 3.63) is 116 Å². The first kappa shape index (κ1) is 20.5. The number of hydrogen-bond acceptors (Lipinski definition) is 4. The molecule has 0 aliphatic rings. The predicted molar refractivity (Wildman–Crippen MR) is 120 cm³/mol. The van der Waals surface area contributed by atoms with E-state index in [1.807, 2.05) is 30.3 Å². The van der Waals surface area contributed by atoms with E-state index in [4.69, 9.17) is 5.11 Å². The fourth-order valence-electron chi connectivity index (χ4n) is 3.68. The minimum absolute atomic E-state index is 0.262. The zero-order chi connectivity index (χ0) is 21.8. The molecule has 0 amide bonds. The number of aromatic nitrogens is 2. The molecule has 156 valence electrons. The number of aliphatic hydroxyl groups is 1. The third kappa shape index (κ3) is 4.25. The van der Waals surface area contributed by atoms with Gasteiger partial charge in [0.05, 0.1) is 17.4 Å². The number of aryl methyl sites for hydroxylation is 1. The van der Waals surface area contributed by atoms with Gasteiger partial charge in [0.2, 0.25) is 0 Å². The smallest absolute Gasteiger partial charge is 0.331 e. The van der Waals surface area contributed by atoms with Gasteiger partial charge in [-0.05, 0) is 29.7 Å². The second-order valence-electron chi connectivity index (χ2n) is 7.36. The van der Waals surface area contributed by atoms with Crippen LogP contribution in [-0.2, 0) is 19.5 Å². The Bertz CT molecular complexity index is 1340. The van der Waals surface area contributed by atoms with Gasteiger partial charge in [0.15, 0.2) is 5.78 Å². The standard InChI is InChI=1S/C25H22N2O4/c28-17-23(29)20-12-10-19(11-13-20)16-27-22-9-5-4-8-21(22)24(30)26(25(27)31)15-14-18-6-2-1-3-7-18/h1-13,28H,14-17H2. The number of Topliss-reactive ketones (excluding diaryl/α,β-unsaturated/α-hetero) is 1. The van der Waals surface area contributed by atoms with Gasteiger partial charge in [0.25, 0.3) is 5.56 Å². The lowest BCUT2D eigenvalue weighted by Crippen LogP contribution is -2.40. The summed E-state index contributed by atoms with van der Waals surface area (Å²) in [6.45, 7) is 0.00479. The molecule has 6 nitrogen and oxygen atoms in total. The maximum absolute atomic E-state index is 13.3. The summed E-state index contributed by atoms with van der Waals surface area (Å²) in [5.41, 5.74) is 2.19. The molecule has 0 saturated carbocycles. The van der Waals surface area contributed by atoms with Crippen LogP contribution in [0.5, 0.6) is 0 Å². The molecule has 3 aromatic carbocycles. The van der Waals surface area contributed by atoms with E-state index in [1.54, 1.807) is 53.1 Å². The number of ketones is 1. The van der Waals surface area contributed by atoms with Gasteiger partial charge in [-0.2, -0.15) is 0 Å². The van der Waals surface area contributed by atoms with Crippen LogP contribution in [0.2, 0.25) is 0 Å². The number of carbonyl (C=O) groups is 1. The highest BCUT2D eigenvalue weighted by molar-refractivity contribution is 5.96. The van der Waals surface area contributed by atoms with Gasteiger partial charge < -0.3 is 5.11 Å². The highest BCUT2D eigenvalue weighted by atomic mass is 16.3. The van der Waals surface area contributed by atoms with E-state index in [0.717, 1.165) is 11.1 Å². The molecule has 1 heterocycles. The molecule has 0 saturated heterocycles. The average Bonchev–Trinajstić information content (AvgIpc) is 2.82. The second kappa shape index (κ2) is 8.93. The summed E-state index contributed by atoms with van der Waals surface area (Å²) in [5, 5.41) is 9.50. The molecule has 1 aromatic heterocycles. The lowest BCUT2D eigenvalue weighted by Gasteiger charge is -2.14. The van der Waals surface area contributed by atoms with E-state index in [9.17, 15) is 14.4 Å². The summed E-state index contributed by atoms with van der Waals surface area (Å²) in [6.07, 6.45) is 0.576. The first-order valence-electron chi connectivity index (χ1n) is 10.1. The molecule has 0 atom stereocenters. The Balaban J connectivity index is 1.74. The molecule has 6 heteroatoms. The van der Waals surface area contributed by atoms with Crippen molar-refractivity contribution >= 4 is 16.7 Å². The highest BCUT2D eigenvalue weighted by Crippen LogP contribution is 2.12. The number of benzene rings is 3. The third-order valence-corrected chi connectivity index (χ3v) is 5.36. The molecule has 0 radical (unpaired) electrons. The van der Waals surface area contributed by atoms with Crippen LogP contribution >= 0.6 is 0 Å². The molecule has 1 N–H and O–H groups in total. The Kier molecular flexibility index (Phi) is 5.91. The number of para-hydroxylation sites is 1. The van der Waals surface area contributed by atoms with Crippen LogP contribution in [0.25, 0.3) is 10.9 Å². The van der Waals surface area contributed by atoms with Crippen molar-refractivity contribution in [3.63, 3.8) is 0 Å². The topological polar surface area (TPSA) is 81.3 Å². The van der Waals surface area contributed by atoms with Crippen molar-refractivity contribution < 1.29 is 9.90 Å². The van der Waals surface area contributed by atoms with Gasteiger partial charge >= 0.3 is 5.69 Å². The maximum atomic E-state index is 13.3.